The van der Waals surface area contributed by atoms with E-state index in [2.05, 4.69) is 46.9 Å². The van der Waals surface area contributed by atoms with E-state index < -0.39 is 0 Å². The van der Waals surface area contributed by atoms with Crippen LogP contribution >= 0.6 is 35.3 Å². The Morgan fingerprint density at radius 1 is 1.30 bits per heavy atom. The van der Waals surface area contributed by atoms with Gasteiger partial charge in [0.05, 0.1) is 6.54 Å². The van der Waals surface area contributed by atoms with Gasteiger partial charge in [0.15, 0.2) is 5.96 Å². The molecule has 1 aliphatic carbocycles. The highest BCUT2D eigenvalue weighted by Crippen LogP contribution is 2.38. The molecular weight excluding hydrogens is 507 g/mol. The molecule has 1 aromatic carbocycles. The van der Waals surface area contributed by atoms with Crippen LogP contribution in [0.5, 0.6) is 0 Å². The minimum absolute atomic E-state index is 0. The fraction of sp³-hybridized carbons (Fsp3) is 0.478. The highest BCUT2D eigenvalue weighted by molar-refractivity contribution is 14.0. The second-order valence-electron chi connectivity index (χ2n) is 8.85. The number of fused-ring (bicyclic) bond motifs is 2. The molecule has 1 aromatic heterocycles. The minimum atomic E-state index is 0. The highest BCUT2D eigenvalue weighted by Gasteiger charge is 2.27. The average Bonchev–Trinajstić information content (AvgIpc) is 3.08. The molecule has 1 unspecified atom stereocenters. The first-order valence-corrected chi connectivity index (χ1v) is 11.2. The zero-order valence-corrected chi connectivity index (χ0v) is 21.0. The number of carbonyl (C=O) groups is 1. The molecule has 0 saturated heterocycles. The maximum atomic E-state index is 12.0. The summed E-state index contributed by atoms with van der Waals surface area (Å²) in [5.74, 6) is 1.00. The Morgan fingerprint density at radius 3 is 2.90 bits per heavy atom. The van der Waals surface area contributed by atoms with Gasteiger partial charge in [-0.25, -0.2) is 0 Å². The molecule has 2 aliphatic rings. The Hall–Kier alpha value is -1.61. The van der Waals surface area contributed by atoms with Crippen LogP contribution < -0.4 is 16.0 Å². The second-order valence-corrected chi connectivity index (χ2v) is 10.1. The summed E-state index contributed by atoms with van der Waals surface area (Å²) in [6.07, 6.45) is 4.14. The molecule has 3 N–H and O–H groups in total. The van der Waals surface area contributed by atoms with Gasteiger partial charge < -0.3 is 16.0 Å². The zero-order valence-electron chi connectivity index (χ0n) is 17.9. The lowest BCUT2D eigenvalue weighted by molar-refractivity contribution is -0.116. The number of aliphatic imine (C=N–C) groups is 1. The molecule has 30 heavy (non-hydrogen) atoms. The predicted molar refractivity (Wildman–Crippen MR) is 136 cm³/mol. The van der Waals surface area contributed by atoms with Gasteiger partial charge >= 0.3 is 0 Å². The standard InChI is InChI=1S/C23H30N4OS.HI/c1-23(2)9-8-20-15(12-23)10-17(29-20)14-26-22(24-3)25-13-16-11-21(28)27-19-7-5-4-6-18(16)19;/h4-7,10,16H,8-9,11-14H2,1-3H3,(H,27,28)(H2,24,25,26);1H. The number of amides is 1. The summed E-state index contributed by atoms with van der Waals surface area (Å²) in [6, 6.07) is 10.4. The normalized spacial score (nSPS) is 19.8. The van der Waals surface area contributed by atoms with Crippen molar-refractivity contribution in [1.82, 2.24) is 10.6 Å². The van der Waals surface area contributed by atoms with Gasteiger partial charge in [0, 0.05) is 41.4 Å². The number of benzene rings is 1. The van der Waals surface area contributed by atoms with Gasteiger partial charge in [0.2, 0.25) is 5.91 Å². The van der Waals surface area contributed by atoms with E-state index in [0.29, 0.717) is 18.4 Å². The Labute approximate surface area is 200 Å². The SMILES string of the molecule is CN=C(NCc1cc2c(s1)CCC(C)(C)C2)NCC1CC(=O)Nc2ccccc21.I. The Balaban J connectivity index is 0.00000256. The molecule has 1 amide bonds. The average molecular weight is 538 g/mol. The molecular formula is C23H31IN4OS. The summed E-state index contributed by atoms with van der Waals surface area (Å²) in [5, 5.41) is 9.80. The molecule has 162 valence electrons. The molecule has 7 heteroatoms. The number of nitrogens with zero attached hydrogens (tertiary/aromatic N) is 1. The van der Waals surface area contributed by atoms with Crippen molar-refractivity contribution in [3.05, 3.63) is 51.2 Å². The fourth-order valence-electron chi connectivity index (χ4n) is 4.33. The van der Waals surface area contributed by atoms with Crippen molar-refractivity contribution in [3.63, 3.8) is 0 Å². The van der Waals surface area contributed by atoms with Gasteiger partial charge in [0.1, 0.15) is 0 Å². The van der Waals surface area contributed by atoms with Crippen LogP contribution in [0, 0.1) is 5.41 Å². The van der Waals surface area contributed by atoms with E-state index in [1.807, 2.05) is 29.5 Å². The topological polar surface area (TPSA) is 65.5 Å². The molecule has 2 heterocycles. The first-order valence-electron chi connectivity index (χ1n) is 10.4. The van der Waals surface area contributed by atoms with Crippen LogP contribution in [0.25, 0.3) is 0 Å². The van der Waals surface area contributed by atoms with E-state index in [4.69, 9.17) is 0 Å². The van der Waals surface area contributed by atoms with Crippen LogP contribution in [0.2, 0.25) is 0 Å². The van der Waals surface area contributed by atoms with Gasteiger partial charge in [-0.3, -0.25) is 9.79 Å². The van der Waals surface area contributed by atoms with Crippen molar-refractivity contribution >= 4 is 52.9 Å². The molecule has 1 aliphatic heterocycles. The molecule has 0 bridgehead atoms. The maximum Gasteiger partial charge on any atom is 0.225 e. The zero-order chi connectivity index (χ0) is 20.4. The first kappa shape index (κ1) is 23.1. The van der Waals surface area contributed by atoms with Crippen molar-refractivity contribution in [2.24, 2.45) is 10.4 Å². The van der Waals surface area contributed by atoms with Gasteiger partial charge in [-0.2, -0.15) is 0 Å². The lowest BCUT2D eigenvalue weighted by Crippen LogP contribution is -2.40. The number of rotatable bonds is 4. The third-order valence-corrected chi connectivity index (χ3v) is 7.16. The predicted octanol–water partition coefficient (Wildman–Crippen LogP) is 4.67. The van der Waals surface area contributed by atoms with Crippen molar-refractivity contribution in [1.29, 1.82) is 0 Å². The second kappa shape index (κ2) is 9.68. The molecule has 2 aromatic rings. The van der Waals surface area contributed by atoms with Crippen molar-refractivity contribution in [2.45, 2.75) is 52.0 Å². The van der Waals surface area contributed by atoms with E-state index in [9.17, 15) is 4.79 Å². The summed E-state index contributed by atoms with van der Waals surface area (Å²) in [4.78, 5) is 19.3. The monoisotopic (exact) mass is 538 g/mol. The summed E-state index contributed by atoms with van der Waals surface area (Å²) < 4.78 is 0. The summed E-state index contributed by atoms with van der Waals surface area (Å²) >= 11 is 1.93. The molecule has 0 radical (unpaired) electrons. The third-order valence-electron chi connectivity index (χ3n) is 5.92. The lowest BCUT2D eigenvalue weighted by atomic mass is 9.77. The van der Waals surface area contributed by atoms with Crippen molar-refractivity contribution in [3.8, 4) is 0 Å². The number of carbonyl (C=O) groups excluding carboxylic acids is 1. The van der Waals surface area contributed by atoms with Crippen molar-refractivity contribution < 1.29 is 4.79 Å². The smallest absolute Gasteiger partial charge is 0.225 e. The van der Waals surface area contributed by atoms with Gasteiger partial charge in [-0.05, 0) is 47.9 Å². The number of guanidine groups is 1. The van der Waals surface area contributed by atoms with E-state index in [0.717, 1.165) is 18.2 Å². The van der Waals surface area contributed by atoms with Gasteiger partial charge in [-0.15, -0.1) is 35.3 Å². The minimum Gasteiger partial charge on any atom is -0.356 e. The number of aryl methyl sites for hydroxylation is 1. The summed E-state index contributed by atoms with van der Waals surface area (Å²) in [7, 11) is 1.79. The number of halogens is 1. The van der Waals surface area contributed by atoms with Crippen LogP contribution in [0.1, 0.15) is 53.5 Å². The number of anilines is 1. The van der Waals surface area contributed by atoms with Crippen molar-refractivity contribution in [2.75, 3.05) is 18.9 Å². The van der Waals surface area contributed by atoms with E-state index in [1.54, 1.807) is 11.9 Å². The third kappa shape index (κ3) is 5.35. The van der Waals surface area contributed by atoms with Crippen LogP contribution in [-0.4, -0.2) is 25.5 Å². The molecule has 1 atom stereocenters. The maximum absolute atomic E-state index is 12.0. The Bertz CT molecular complexity index is 937. The number of hydrogen-bond acceptors (Lipinski definition) is 3. The summed E-state index contributed by atoms with van der Waals surface area (Å²) in [5.41, 5.74) is 4.05. The van der Waals surface area contributed by atoms with Gasteiger partial charge in [0.25, 0.3) is 0 Å². The van der Waals surface area contributed by atoms with Gasteiger partial charge in [-0.1, -0.05) is 32.0 Å². The molecule has 0 spiro atoms. The van der Waals surface area contributed by atoms with Crippen LogP contribution in [0.4, 0.5) is 5.69 Å². The molecule has 0 saturated carbocycles. The van der Waals surface area contributed by atoms with E-state index >= 15 is 0 Å². The van der Waals surface area contributed by atoms with Crippen LogP contribution in [0.15, 0.2) is 35.3 Å². The lowest BCUT2D eigenvalue weighted by Gasteiger charge is -2.29. The largest absolute Gasteiger partial charge is 0.356 e. The molecule has 0 fully saturated rings. The first-order chi connectivity index (χ1) is 13.9. The number of hydrogen-bond donors (Lipinski definition) is 3. The molecule has 5 nitrogen and oxygen atoms in total. The number of para-hydroxylation sites is 1. The fourth-order valence-corrected chi connectivity index (χ4v) is 5.46. The highest BCUT2D eigenvalue weighted by atomic mass is 127. The van der Waals surface area contributed by atoms with Crippen LogP contribution in [0.3, 0.4) is 0 Å². The summed E-state index contributed by atoms with van der Waals surface area (Å²) in [6.45, 7) is 6.18. The van der Waals surface area contributed by atoms with E-state index in [-0.39, 0.29) is 35.8 Å². The number of nitrogens with one attached hydrogen (secondary N) is 3. The van der Waals surface area contributed by atoms with E-state index in [1.165, 1.54) is 35.3 Å². The van der Waals surface area contributed by atoms with Crippen LogP contribution in [-0.2, 0) is 24.2 Å². The quantitative estimate of drug-likeness (QED) is 0.301. The Kier molecular flexibility index (Phi) is 7.44. The molecule has 4 rings (SSSR count). The number of thiophene rings is 1. The Morgan fingerprint density at radius 2 is 2.10 bits per heavy atom.